The minimum atomic E-state index is -0.481. The molecule has 0 unspecified atom stereocenters. The van der Waals surface area contributed by atoms with Crippen LogP contribution in [-0.2, 0) is 12.8 Å². The fourth-order valence-electron chi connectivity index (χ4n) is 6.52. The Morgan fingerprint density at radius 1 is 0.511 bits per heavy atom. The van der Waals surface area contributed by atoms with Crippen LogP contribution in [0.3, 0.4) is 0 Å². The fraction of sp³-hybridized carbons (Fsp3) is 0.610. The van der Waals surface area contributed by atoms with Gasteiger partial charge in [-0.05, 0) is 60.1 Å². The van der Waals surface area contributed by atoms with Crippen LogP contribution in [0.25, 0.3) is 0 Å². The average Bonchev–Trinajstić information content (AvgIpc) is 3.56. The van der Waals surface area contributed by atoms with Gasteiger partial charge < -0.3 is 14.6 Å². The molecule has 0 aliphatic heterocycles. The zero-order chi connectivity index (χ0) is 31.2. The third-order valence-electron chi connectivity index (χ3n) is 9.24. The summed E-state index contributed by atoms with van der Waals surface area (Å²) in [6.45, 7) is 4.54. The van der Waals surface area contributed by atoms with Gasteiger partial charge in [-0.15, -0.1) is 11.5 Å². The van der Waals surface area contributed by atoms with Crippen LogP contribution in [0.5, 0.6) is 11.5 Å². The third-order valence-corrected chi connectivity index (χ3v) is 9.24. The van der Waals surface area contributed by atoms with E-state index >= 15 is 0 Å². The van der Waals surface area contributed by atoms with Gasteiger partial charge in [0.2, 0.25) is 0 Å². The third kappa shape index (κ3) is 15.4. The first-order valence-corrected chi connectivity index (χ1v) is 18.3. The smallest absolute Gasteiger partial charge is 0.872 e. The summed E-state index contributed by atoms with van der Waals surface area (Å²) in [5.74, 6) is 0.118. The number of hydrogen-bond donors (Lipinski definition) is 0. The molecule has 0 atom stereocenters. The molecular formula is C41H60CaO3. The first-order valence-electron chi connectivity index (χ1n) is 18.3. The normalized spacial score (nSPS) is 11.3. The van der Waals surface area contributed by atoms with Crippen LogP contribution in [0.2, 0.25) is 0 Å². The van der Waals surface area contributed by atoms with Crippen molar-refractivity contribution >= 4 is 37.7 Å². The maximum Gasteiger partial charge on any atom is 2.00 e. The van der Waals surface area contributed by atoms with E-state index in [9.17, 15) is 10.2 Å². The van der Waals surface area contributed by atoms with Crippen LogP contribution in [0.4, 0.5) is 0 Å². The summed E-state index contributed by atoms with van der Waals surface area (Å²) in [5.41, 5.74) is 3.64. The van der Waals surface area contributed by atoms with E-state index in [0.717, 1.165) is 25.7 Å². The minimum Gasteiger partial charge on any atom is -0.872 e. The average molecular weight is 641 g/mol. The number of rotatable bonds is 25. The van der Waals surface area contributed by atoms with E-state index in [4.69, 9.17) is 4.42 Å². The topological polar surface area (TPSA) is 59.3 Å². The largest absolute Gasteiger partial charge is 2.00 e. The summed E-state index contributed by atoms with van der Waals surface area (Å²) < 4.78 is 5.85. The fourth-order valence-corrected chi connectivity index (χ4v) is 6.52. The Hall–Kier alpha value is -1.42. The Bertz CT molecular complexity index is 1070. The molecule has 0 saturated carbocycles. The molecule has 0 radical (unpaired) electrons. The molecule has 45 heavy (non-hydrogen) atoms. The van der Waals surface area contributed by atoms with Crippen molar-refractivity contribution in [2.45, 2.75) is 161 Å². The first-order chi connectivity index (χ1) is 21.6. The Kier molecular flexibility index (Phi) is 21.8. The second-order valence-electron chi connectivity index (χ2n) is 13.1. The van der Waals surface area contributed by atoms with Gasteiger partial charge in [-0.25, -0.2) is 0 Å². The Labute approximate surface area is 305 Å². The van der Waals surface area contributed by atoms with Crippen molar-refractivity contribution in [1.29, 1.82) is 0 Å². The molecule has 0 saturated heterocycles. The predicted octanol–water partition coefficient (Wildman–Crippen LogP) is 11.2. The van der Waals surface area contributed by atoms with Crippen LogP contribution >= 0.6 is 0 Å². The Balaban J connectivity index is 0.00000705. The molecule has 3 nitrogen and oxygen atoms in total. The maximum atomic E-state index is 13.2. The van der Waals surface area contributed by atoms with E-state index in [2.05, 4.69) is 13.8 Å². The molecular weight excluding hydrogens is 581 g/mol. The zero-order valence-electron chi connectivity index (χ0n) is 28.8. The SMILES string of the molecule is CCCCCCCCCCCCc1ccc([O-])c(C(c2ccco2)c2cc(CCCCCCCCCCCC)ccc2[O-])c1.[Ca+2]. The molecule has 0 spiro atoms. The van der Waals surface area contributed by atoms with Crippen LogP contribution in [0, 0.1) is 0 Å². The molecule has 0 amide bonds. The van der Waals surface area contributed by atoms with Crippen molar-refractivity contribution in [3.63, 3.8) is 0 Å². The molecule has 1 heterocycles. The van der Waals surface area contributed by atoms with E-state index in [-0.39, 0.29) is 49.2 Å². The molecule has 0 N–H and O–H groups in total. The number of furan rings is 1. The van der Waals surface area contributed by atoms with Crippen molar-refractivity contribution in [2.24, 2.45) is 0 Å². The van der Waals surface area contributed by atoms with Crippen molar-refractivity contribution < 1.29 is 14.6 Å². The number of hydrogen-bond acceptors (Lipinski definition) is 3. The molecule has 244 valence electrons. The minimum absolute atomic E-state index is 0. The second-order valence-corrected chi connectivity index (χ2v) is 13.1. The standard InChI is InChI=1S/C41H62O3.Ca/c1-3-5-7-9-11-13-15-17-19-21-24-34-27-29-38(42)36(32-34)41(40-26-23-31-44-40)37-33-35(28-30-39(37)43)25-22-20-18-16-14-12-10-8-6-4-2;/h23,26-33,41-43H,3-22,24-25H2,1-2H3;/q;+2/p-2. The van der Waals surface area contributed by atoms with Gasteiger partial charge in [0.15, 0.2) is 0 Å². The van der Waals surface area contributed by atoms with Crippen LogP contribution in [-0.4, -0.2) is 37.7 Å². The molecule has 0 aliphatic carbocycles. The van der Waals surface area contributed by atoms with Gasteiger partial charge in [0, 0.05) is 0 Å². The Morgan fingerprint density at radius 3 is 1.24 bits per heavy atom. The molecule has 4 heteroatoms. The molecule has 0 bridgehead atoms. The number of aryl methyl sites for hydroxylation is 2. The second kappa shape index (κ2) is 24.7. The summed E-state index contributed by atoms with van der Waals surface area (Å²) in [7, 11) is 0. The maximum absolute atomic E-state index is 13.2. The van der Waals surface area contributed by atoms with Gasteiger partial charge in [-0.3, -0.25) is 0 Å². The Morgan fingerprint density at radius 2 is 0.889 bits per heavy atom. The van der Waals surface area contributed by atoms with Crippen molar-refractivity contribution in [3.05, 3.63) is 82.8 Å². The van der Waals surface area contributed by atoms with Crippen LogP contribution in [0.15, 0.2) is 59.2 Å². The van der Waals surface area contributed by atoms with E-state index in [1.54, 1.807) is 18.4 Å². The summed E-state index contributed by atoms with van der Waals surface area (Å²) in [6, 6.07) is 15.1. The molecule has 1 aromatic heterocycles. The quantitative estimate of drug-likeness (QED) is 0.0684. The zero-order valence-corrected chi connectivity index (χ0v) is 31.0. The van der Waals surface area contributed by atoms with E-state index in [1.165, 1.54) is 127 Å². The van der Waals surface area contributed by atoms with Gasteiger partial charge in [0.1, 0.15) is 5.76 Å². The van der Waals surface area contributed by atoms with Crippen LogP contribution < -0.4 is 10.2 Å². The van der Waals surface area contributed by atoms with Gasteiger partial charge in [-0.1, -0.05) is 166 Å². The summed E-state index contributed by atoms with van der Waals surface area (Å²) in [4.78, 5) is 0. The van der Waals surface area contributed by atoms with Crippen molar-refractivity contribution in [1.82, 2.24) is 0 Å². The molecule has 3 aromatic rings. The summed E-state index contributed by atoms with van der Waals surface area (Å²) in [5, 5.41) is 26.5. The molecule has 0 fully saturated rings. The molecule has 2 aromatic carbocycles. The van der Waals surface area contributed by atoms with Gasteiger partial charge in [-0.2, -0.15) is 0 Å². The van der Waals surface area contributed by atoms with E-state index < -0.39 is 5.92 Å². The van der Waals surface area contributed by atoms with Crippen molar-refractivity contribution in [2.75, 3.05) is 0 Å². The predicted molar refractivity (Wildman–Crippen MR) is 188 cm³/mol. The molecule has 3 rings (SSSR count). The van der Waals surface area contributed by atoms with Crippen LogP contribution in [0.1, 0.15) is 176 Å². The number of benzene rings is 2. The van der Waals surface area contributed by atoms with Gasteiger partial charge in [0.05, 0.1) is 12.2 Å². The van der Waals surface area contributed by atoms with Gasteiger partial charge in [0.25, 0.3) is 0 Å². The number of unbranched alkanes of at least 4 members (excludes halogenated alkanes) is 18. The molecule has 0 aliphatic rings. The summed E-state index contributed by atoms with van der Waals surface area (Å²) in [6.07, 6.45) is 29.7. The van der Waals surface area contributed by atoms with Crippen molar-refractivity contribution in [3.8, 4) is 11.5 Å². The van der Waals surface area contributed by atoms with E-state index in [0.29, 0.717) is 16.9 Å². The van der Waals surface area contributed by atoms with E-state index in [1.807, 2.05) is 36.4 Å². The summed E-state index contributed by atoms with van der Waals surface area (Å²) >= 11 is 0. The van der Waals surface area contributed by atoms with Gasteiger partial charge >= 0.3 is 37.7 Å². The monoisotopic (exact) mass is 640 g/mol. The first kappa shape index (κ1) is 39.8.